The lowest BCUT2D eigenvalue weighted by atomic mass is 10.1. The molecule has 3 nitrogen and oxygen atoms in total. The number of para-hydroxylation sites is 3. The zero-order valence-electron chi connectivity index (χ0n) is 18.6. The Balaban J connectivity index is 0.000000109. The summed E-state index contributed by atoms with van der Waals surface area (Å²) >= 11 is 0. The van der Waals surface area contributed by atoms with E-state index in [2.05, 4.69) is 57.4 Å². The molecule has 34 heavy (non-hydrogen) atoms. The molecule has 3 heteroatoms. The molecule has 7 rings (SSSR count). The van der Waals surface area contributed by atoms with Crippen molar-refractivity contribution in [3.63, 3.8) is 0 Å². The van der Waals surface area contributed by atoms with Gasteiger partial charge in [0.05, 0.1) is 16.6 Å². The Labute approximate surface area is 198 Å². The van der Waals surface area contributed by atoms with Crippen molar-refractivity contribution in [2.75, 3.05) is 0 Å². The molecule has 0 unspecified atom stereocenters. The van der Waals surface area contributed by atoms with Crippen molar-refractivity contribution in [2.45, 2.75) is 0 Å². The standard InChI is InChI=1S/C13H9N.2C9H7N/c1-3-7-12-10(5-1)9-11-6-2-4-8-13(11)14-12;1-2-6-9-8(4-1)5-3-7-10-9;1-2-4-9-7-10-6-5-8(9)3-1/h1-9H;2*1-7H. The maximum Gasteiger partial charge on any atom is 0.0709 e. The number of rotatable bonds is 0. The number of hydrogen-bond donors (Lipinski definition) is 0. The van der Waals surface area contributed by atoms with Gasteiger partial charge in [0.15, 0.2) is 0 Å². The van der Waals surface area contributed by atoms with Gasteiger partial charge >= 0.3 is 0 Å². The summed E-state index contributed by atoms with van der Waals surface area (Å²) in [4.78, 5) is 12.8. The van der Waals surface area contributed by atoms with Crippen molar-refractivity contribution in [2.24, 2.45) is 0 Å². The molecule has 3 aromatic heterocycles. The van der Waals surface area contributed by atoms with E-state index in [-0.39, 0.29) is 0 Å². The van der Waals surface area contributed by atoms with E-state index in [1.807, 2.05) is 97.5 Å². The van der Waals surface area contributed by atoms with Crippen LogP contribution in [-0.2, 0) is 0 Å². The SMILES string of the molecule is c1ccc2cnccc2c1.c1ccc2nc3ccccc3cc2c1.c1ccc2ncccc2c1. The third kappa shape index (κ3) is 5.05. The fourth-order valence-electron chi connectivity index (χ4n) is 3.76. The average molecular weight is 438 g/mol. The summed E-state index contributed by atoms with van der Waals surface area (Å²) in [7, 11) is 0. The van der Waals surface area contributed by atoms with E-state index in [9.17, 15) is 0 Å². The zero-order valence-corrected chi connectivity index (χ0v) is 18.6. The van der Waals surface area contributed by atoms with Gasteiger partial charge in [-0.15, -0.1) is 0 Å². The molecule has 162 valence electrons. The van der Waals surface area contributed by atoms with Crippen molar-refractivity contribution >= 4 is 43.5 Å². The van der Waals surface area contributed by atoms with Gasteiger partial charge in [-0.25, -0.2) is 4.98 Å². The highest BCUT2D eigenvalue weighted by Crippen LogP contribution is 2.18. The van der Waals surface area contributed by atoms with Crippen LogP contribution in [0.2, 0.25) is 0 Å². The summed E-state index contributed by atoms with van der Waals surface area (Å²) in [5, 5.41) is 6.05. The largest absolute Gasteiger partial charge is 0.264 e. The second-order valence-electron chi connectivity index (χ2n) is 7.79. The molecule has 0 aliphatic rings. The molecule has 0 aliphatic carbocycles. The van der Waals surface area contributed by atoms with E-state index in [0.29, 0.717) is 0 Å². The van der Waals surface area contributed by atoms with Crippen LogP contribution in [0.5, 0.6) is 0 Å². The maximum atomic E-state index is 4.58. The highest BCUT2D eigenvalue weighted by Gasteiger charge is 1.96. The molecule has 7 aromatic rings. The van der Waals surface area contributed by atoms with Crippen molar-refractivity contribution in [1.82, 2.24) is 15.0 Å². The van der Waals surface area contributed by atoms with Crippen molar-refractivity contribution in [3.05, 3.63) is 140 Å². The molecular formula is C31H23N3. The molecule has 0 radical (unpaired) electrons. The molecule has 0 fully saturated rings. The van der Waals surface area contributed by atoms with Crippen LogP contribution >= 0.6 is 0 Å². The minimum absolute atomic E-state index is 1.06. The highest BCUT2D eigenvalue weighted by molar-refractivity contribution is 5.92. The number of fused-ring (bicyclic) bond motifs is 4. The Bertz CT molecular complexity index is 1370. The molecular weight excluding hydrogens is 414 g/mol. The lowest BCUT2D eigenvalue weighted by molar-refractivity contribution is 1.36. The number of hydrogen-bond acceptors (Lipinski definition) is 3. The fraction of sp³-hybridized carbons (Fsp3) is 0. The van der Waals surface area contributed by atoms with Crippen LogP contribution in [0.3, 0.4) is 0 Å². The van der Waals surface area contributed by atoms with Crippen LogP contribution in [-0.4, -0.2) is 15.0 Å². The van der Waals surface area contributed by atoms with Gasteiger partial charge < -0.3 is 0 Å². The predicted octanol–water partition coefficient (Wildman–Crippen LogP) is 7.86. The van der Waals surface area contributed by atoms with Gasteiger partial charge in [0, 0.05) is 34.7 Å². The Morgan fingerprint density at radius 2 is 0.912 bits per heavy atom. The number of nitrogens with zero attached hydrogens (tertiary/aromatic N) is 3. The lowest BCUT2D eigenvalue weighted by Gasteiger charge is -1.99. The highest BCUT2D eigenvalue weighted by atomic mass is 14.7. The zero-order chi connectivity index (χ0) is 23.0. The van der Waals surface area contributed by atoms with Gasteiger partial charge in [-0.3, -0.25) is 9.97 Å². The van der Waals surface area contributed by atoms with Gasteiger partial charge in [0.1, 0.15) is 0 Å². The summed E-state index contributed by atoms with van der Waals surface area (Å²) in [6.07, 6.45) is 5.49. The molecule has 0 bridgehead atoms. The van der Waals surface area contributed by atoms with E-state index in [1.165, 1.54) is 26.9 Å². The van der Waals surface area contributed by atoms with Crippen LogP contribution in [0.4, 0.5) is 0 Å². The van der Waals surface area contributed by atoms with Crippen molar-refractivity contribution in [3.8, 4) is 0 Å². The minimum Gasteiger partial charge on any atom is -0.264 e. The van der Waals surface area contributed by atoms with Crippen LogP contribution in [0, 0.1) is 0 Å². The second kappa shape index (κ2) is 10.3. The molecule has 0 atom stereocenters. The van der Waals surface area contributed by atoms with Gasteiger partial charge in [-0.2, -0.15) is 0 Å². The smallest absolute Gasteiger partial charge is 0.0709 e. The van der Waals surface area contributed by atoms with E-state index in [1.54, 1.807) is 0 Å². The summed E-state index contributed by atoms with van der Waals surface area (Å²) in [5.41, 5.74) is 3.18. The molecule has 0 spiro atoms. The van der Waals surface area contributed by atoms with Crippen LogP contribution < -0.4 is 0 Å². The topological polar surface area (TPSA) is 38.7 Å². The van der Waals surface area contributed by atoms with Gasteiger partial charge in [-0.05, 0) is 47.2 Å². The molecule has 0 N–H and O–H groups in total. The van der Waals surface area contributed by atoms with Gasteiger partial charge in [0.2, 0.25) is 0 Å². The first-order valence-electron chi connectivity index (χ1n) is 11.2. The lowest BCUT2D eigenvalue weighted by Crippen LogP contribution is -1.80. The van der Waals surface area contributed by atoms with Crippen LogP contribution in [0.25, 0.3) is 43.5 Å². The Morgan fingerprint density at radius 1 is 0.382 bits per heavy atom. The van der Waals surface area contributed by atoms with E-state index in [0.717, 1.165) is 16.6 Å². The quantitative estimate of drug-likeness (QED) is 0.227. The first-order chi connectivity index (χ1) is 16.9. The summed E-state index contributed by atoms with van der Waals surface area (Å²) in [6.45, 7) is 0. The Kier molecular flexibility index (Phi) is 6.45. The number of aromatic nitrogens is 3. The Morgan fingerprint density at radius 3 is 1.56 bits per heavy atom. The van der Waals surface area contributed by atoms with E-state index in [4.69, 9.17) is 0 Å². The van der Waals surface area contributed by atoms with Crippen molar-refractivity contribution < 1.29 is 0 Å². The molecule has 0 aliphatic heterocycles. The average Bonchev–Trinajstić information content (AvgIpc) is 2.93. The predicted molar refractivity (Wildman–Crippen MR) is 143 cm³/mol. The fourth-order valence-corrected chi connectivity index (χ4v) is 3.76. The summed E-state index contributed by atoms with van der Waals surface area (Å²) in [5.74, 6) is 0. The molecule has 0 amide bonds. The molecule has 3 heterocycles. The van der Waals surface area contributed by atoms with Gasteiger partial charge in [-0.1, -0.05) is 84.9 Å². The van der Waals surface area contributed by atoms with Crippen molar-refractivity contribution in [1.29, 1.82) is 0 Å². The summed E-state index contributed by atoms with van der Waals surface area (Å²) in [6, 6.07) is 40.8. The van der Waals surface area contributed by atoms with Gasteiger partial charge in [0.25, 0.3) is 0 Å². The second-order valence-corrected chi connectivity index (χ2v) is 7.79. The van der Waals surface area contributed by atoms with Crippen LogP contribution in [0.1, 0.15) is 0 Å². The van der Waals surface area contributed by atoms with E-state index < -0.39 is 0 Å². The first kappa shape index (κ1) is 21.2. The molecule has 4 aromatic carbocycles. The monoisotopic (exact) mass is 437 g/mol. The first-order valence-corrected chi connectivity index (χ1v) is 11.2. The molecule has 0 saturated heterocycles. The maximum absolute atomic E-state index is 4.58. The summed E-state index contributed by atoms with van der Waals surface area (Å²) < 4.78 is 0. The normalized spacial score (nSPS) is 10.4. The minimum atomic E-state index is 1.06. The molecule has 0 saturated carbocycles. The number of benzene rings is 4. The third-order valence-corrected chi connectivity index (χ3v) is 5.49. The van der Waals surface area contributed by atoms with E-state index >= 15 is 0 Å². The van der Waals surface area contributed by atoms with Crippen LogP contribution in [0.15, 0.2) is 140 Å². The third-order valence-electron chi connectivity index (χ3n) is 5.49. The number of pyridine rings is 3. The Hall–Kier alpha value is -4.63.